The summed E-state index contributed by atoms with van der Waals surface area (Å²) in [7, 11) is -2.88. The van der Waals surface area contributed by atoms with Crippen molar-refractivity contribution in [2.75, 3.05) is 11.5 Å². The molecule has 1 fully saturated rings. The highest BCUT2D eigenvalue weighted by Gasteiger charge is 2.29. The number of rotatable bonds is 5. The van der Waals surface area contributed by atoms with Crippen LogP contribution in [0.4, 0.5) is 0 Å². The first-order chi connectivity index (χ1) is 11.0. The Kier molecular flexibility index (Phi) is 4.68. The van der Waals surface area contributed by atoms with E-state index in [2.05, 4.69) is 16.3 Å². The van der Waals surface area contributed by atoms with Crippen LogP contribution in [0.25, 0.3) is 0 Å². The summed E-state index contributed by atoms with van der Waals surface area (Å²) in [6.07, 6.45) is 1.18. The lowest BCUT2D eigenvalue weighted by molar-refractivity contribution is 0.389. The van der Waals surface area contributed by atoms with E-state index >= 15 is 0 Å². The zero-order valence-electron chi connectivity index (χ0n) is 12.3. The maximum atomic E-state index is 11.5. The first-order valence-electron chi connectivity index (χ1n) is 7.19. The lowest BCUT2D eigenvalue weighted by atomic mass is 10.1. The average Bonchev–Trinajstić information content (AvgIpc) is 3.12. The molecule has 0 N–H and O–H groups in total. The van der Waals surface area contributed by atoms with E-state index in [1.807, 2.05) is 12.1 Å². The smallest absolute Gasteiger partial charge is 0.276 e. The topological polar surface area (TPSA) is 96.9 Å². The molecule has 2 aromatic rings. The minimum absolute atomic E-state index is 0.0804. The van der Waals surface area contributed by atoms with Crippen LogP contribution in [0.15, 0.2) is 33.9 Å². The number of nitriles is 1. The molecule has 8 heteroatoms. The quantitative estimate of drug-likeness (QED) is 0.763. The Bertz CT molecular complexity index is 822. The van der Waals surface area contributed by atoms with Crippen molar-refractivity contribution in [1.82, 2.24) is 10.2 Å². The highest BCUT2D eigenvalue weighted by Crippen LogP contribution is 2.25. The molecule has 0 amide bonds. The Labute approximate surface area is 138 Å². The molecule has 0 bridgehead atoms. The molecular weight excluding hydrogens is 334 g/mol. The van der Waals surface area contributed by atoms with E-state index in [1.54, 1.807) is 12.1 Å². The van der Waals surface area contributed by atoms with Gasteiger partial charge in [-0.3, -0.25) is 0 Å². The van der Waals surface area contributed by atoms with Gasteiger partial charge >= 0.3 is 0 Å². The molecule has 6 nitrogen and oxygen atoms in total. The molecule has 23 heavy (non-hydrogen) atoms. The van der Waals surface area contributed by atoms with Gasteiger partial charge in [-0.25, -0.2) is 8.42 Å². The summed E-state index contributed by atoms with van der Waals surface area (Å²) in [5.41, 5.74) is 1.70. The summed E-state index contributed by atoms with van der Waals surface area (Å²) in [4.78, 5) is 0. The van der Waals surface area contributed by atoms with Gasteiger partial charge in [0.25, 0.3) is 5.22 Å². The van der Waals surface area contributed by atoms with Crippen molar-refractivity contribution in [2.45, 2.75) is 23.8 Å². The van der Waals surface area contributed by atoms with Crippen LogP contribution in [0.2, 0.25) is 0 Å². The van der Waals surface area contributed by atoms with Crippen LogP contribution in [0.1, 0.15) is 23.4 Å². The first kappa shape index (κ1) is 16.0. The molecule has 0 unspecified atom stereocenters. The predicted octanol–water partition coefficient (Wildman–Crippen LogP) is 2.21. The summed E-state index contributed by atoms with van der Waals surface area (Å²) >= 11 is 1.42. The Balaban J connectivity index is 1.54. The van der Waals surface area contributed by atoms with Gasteiger partial charge in [0.05, 0.1) is 23.1 Å². The second kappa shape index (κ2) is 6.72. The molecule has 1 atom stereocenters. The lowest BCUT2D eigenvalue weighted by Crippen LogP contribution is -2.07. The molecule has 0 spiro atoms. The maximum Gasteiger partial charge on any atom is 0.276 e. The normalized spacial score (nSPS) is 19.5. The van der Waals surface area contributed by atoms with Gasteiger partial charge in [0.2, 0.25) is 5.89 Å². The molecule has 1 saturated heterocycles. The highest BCUT2D eigenvalue weighted by molar-refractivity contribution is 7.98. The highest BCUT2D eigenvalue weighted by atomic mass is 32.2. The Morgan fingerprint density at radius 3 is 2.74 bits per heavy atom. The van der Waals surface area contributed by atoms with Gasteiger partial charge in [-0.15, -0.1) is 10.2 Å². The van der Waals surface area contributed by atoms with Crippen molar-refractivity contribution >= 4 is 21.6 Å². The largest absolute Gasteiger partial charge is 0.416 e. The van der Waals surface area contributed by atoms with Crippen LogP contribution >= 0.6 is 11.8 Å². The van der Waals surface area contributed by atoms with Gasteiger partial charge in [-0.1, -0.05) is 23.9 Å². The fourth-order valence-corrected chi connectivity index (χ4v) is 5.08. The van der Waals surface area contributed by atoms with Gasteiger partial charge in [0, 0.05) is 12.2 Å². The minimum Gasteiger partial charge on any atom is -0.416 e. The van der Waals surface area contributed by atoms with Gasteiger partial charge in [0.15, 0.2) is 9.84 Å². The van der Waals surface area contributed by atoms with E-state index in [-0.39, 0.29) is 17.4 Å². The second-order valence-electron chi connectivity index (χ2n) is 5.53. The molecule has 120 valence electrons. The number of benzene rings is 1. The molecule has 1 aliphatic rings. The number of sulfone groups is 1. The average molecular weight is 349 g/mol. The van der Waals surface area contributed by atoms with E-state index < -0.39 is 9.84 Å². The van der Waals surface area contributed by atoms with E-state index in [0.29, 0.717) is 35.3 Å². The molecule has 0 saturated carbocycles. The molecule has 3 rings (SSSR count). The van der Waals surface area contributed by atoms with E-state index in [4.69, 9.17) is 9.68 Å². The van der Waals surface area contributed by atoms with Crippen LogP contribution in [-0.2, 0) is 22.0 Å². The molecule has 1 aromatic carbocycles. The number of hydrogen-bond acceptors (Lipinski definition) is 7. The van der Waals surface area contributed by atoms with Crippen LogP contribution in [0, 0.1) is 17.2 Å². The summed E-state index contributed by atoms with van der Waals surface area (Å²) in [5, 5.41) is 17.2. The Hall–Kier alpha value is -1.85. The van der Waals surface area contributed by atoms with Gasteiger partial charge in [-0.05, 0) is 30.0 Å². The fraction of sp³-hybridized carbons (Fsp3) is 0.400. The van der Waals surface area contributed by atoms with Crippen molar-refractivity contribution in [3.05, 3.63) is 41.3 Å². The third-order valence-corrected chi connectivity index (χ3v) is 6.41. The summed E-state index contributed by atoms with van der Waals surface area (Å²) in [6.45, 7) is 0. The van der Waals surface area contributed by atoms with E-state index in [9.17, 15) is 8.42 Å². The van der Waals surface area contributed by atoms with Crippen molar-refractivity contribution in [2.24, 2.45) is 5.92 Å². The Morgan fingerprint density at radius 2 is 2.09 bits per heavy atom. The Morgan fingerprint density at radius 1 is 1.30 bits per heavy atom. The standard InChI is InChI=1S/C15H15N3O3S2/c16-8-11-1-3-12(4-2-11)9-22-15-18-17-14(21-15)7-13-5-6-23(19,20)10-13/h1-4,13H,5-7,9-10H2/t13-/m0/s1. The number of thioether (sulfide) groups is 1. The van der Waals surface area contributed by atoms with Crippen LogP contribution < -0.4 is 0 Å². The van der Waals surface area contributed by atoms with E-state index in [0.717, 1.165) is 5.56 Å². The molecule has 2 heterocycles. The molecular formula is C15H15N3O3S2. The molecule has 0 aliphatic carbocycles. The van der Waals surface area contributed by atoms with Crippen molar-refractivity contribution in [1.29, 1.82) is 5.26 Å². The van der Waals surface area contributed by atoms with Crippen molar-refractivity contribution in [3.8, 4) is 6.07 Å². The van der Waals surface area contributed by atoms with Crippen LogP contribution in [0.5, 0.6) is 0 Å². The second-order valence-corrected chi connectivity index (χ2v) is 8.69. The lowest BCUT2D eigenvalue weighted by Gasteiger charge is -2.02. The van der Waals surface area contributed by atoms with Gasteiger partial charge in [-0.2, -0.15) is 5.26 Å². The third-order valence-electron chi connectivity index (χ3n) is 3.68. The monoisotopic (exact) mass is 349 g/mol. The summed E-state index contributed by atoms with van der Waals surface area (Å²) in [6, 6.07) is 9.42. The first-order valence-corrected chi connectivity index (χ1v) is 9.99. The number of hydrogen-bond donors (Lipinski definition) is 0. The zero-order valence-corrected chi connectivity index (χ0v) is 13.9. The van der Waals surface area contributed by atoms with Crippen LogP contribution in [0.3, 0.4) is 0 Å². The summed E-state index contributed by atoms with van der Waals surface area (Å²) in [5.74, 6) is 1.71. The molecule has 0 radical (unpaired) electrons. The third kappa shape index (κ3) is 4.33. The summed E-state index contributed by atoms with van der Waals surface area (Å²) < 4.78 is 28.5. The zero-order chi connectivity index (χ0) is 16.3. The van der Waals surface area contributed by atoms with Crippen LogP contribution in [-0.4, -0.2) is 30.1 Å². The minimum atomic E-state index is -2.88. The number of aromatic nitrogens is 2. The molecule has 1 aliphatic heterocycles. The van der Waals surface area contributed by atoms with Gasteiger partial charge in [0.1, 0.15) is 0 Å². The van der Waals surface area contributed by atoms with Crippen molar-refractivity contribution in [3.63, 3.8) is 0 Å². The van der Waals surface area contributed by atoms with Crippen molar-refractivity contribution < 1.29 is 12.8 Å². The fourth-order valence-electron chi connectivity index (χ4n) is 2.48. The molecule has 1 aromatic heterocycles. The maximum absolute atomic E-state index is 11.5. The van der Waals surface area contributed by atoms with Gasteiger partial charge < -0.3 is 4.42 Å². The van der Waals surface area contributed by atoms with E-state index in [1.165, 1.54) is 11.8 Å². The SMILES string of the molecule is N#Cc1ccc(CSc2nnc(C[C@@H]3CCS(=O)(=O)C3)o2)cc1. The number of nitrogens with zero attached hydrogens (tertiary/aromatic N) is 3. The predicted molar refractivity (Wildman–Crippen MR) is 85.5 cm³/mol.